The van der Waals surface area contributed by atoms with Crippen LogP contribution in [-0.2, 0) is 21.1 Å². The Balaban J connectivity index is 2.18. The van der Waals surface area contributed by atoms with Crippen molar-refractivity contribution in [2.24, 2.45) is 10.2 Å². The number of hydrogen-bond donors (Lipinski definition) is 0. The van der Waals surface area contributed by atoms with Crippen LogP contribution in [0.2, 0.25) is 0 Å². The SMILES string of the molecule is CC(=O)C(Cc1ccccc1)(N=Nc1ccccc1)S(=O)(=O)c1ccccc1. The monoisotopic (exact) mass is 392 g/mol. The lowest BCUT2D eigenvalue weighted by atomic mass is 10.0. The maximum absolute atomic E-state index is 13.5. The van der Waals surface area contributed by atoms with Crippen molar-refractivity contribution in [3.63, 3.8) is 0 Å². The van der Waals surface area contributed by atoms with E-state index < -0.39 is 20.5 Å². The number of ketones is 1. The first-order valence-electron chi connectivity index (χ1n) is 8.78. The minimum atomic E-state index is -4.14. The zero-order valence-corrected chi connectivity index (χ0v) is 16.2. The van der Waals surface area contributed by atoms with E-state index in [4.69, 9.17) is 0 Å². The van der Waals surface area contributed by atoms with Gasteiger partial charge in [-0.25, -0.2) is 8.42 Å². The number of benzene rings is 3. The standard InChI is InChI=1S/C22H20N2O3S/c1-18(25)22(17-19-11-5-2-6-12-19,24-23-20-13-7-3-8-14-20)28(26,27)21-15-9-4-10-16-21/h2-16H,17H2,1H3. The summed E-state index contributed by atoms with van der Waals surface area (Å²) in [5, 5.41) is 8.27. The number of nitrogens with zero attached hydrogens (tertiary/aromatic N) is 2. The summed E-state index contributed by atoms with van der Waals surface area (Å²) in [6.07, 6.45) is -0.100. The van der Waals surface area contributed by atoms with Crippen LogP contribution in [0.15, 0.2) is 106 Å². The van der Waals surface area contributed by atoms with Gasteiger partial charge < -0.3 is 0 Å². The van der Waals surface area contributed by atoms with E-state index in [0.29, 0.717) is 11.3 Å². The summed E-state index contributed by atoms with van der Waals surface area (Å²) in [4.78, 5) is 10.8. The molecule has 3 aromatic carbocycles. The van der Waals surface area contributed by atoms with Gasteiger partial charge in [-0.05, 0) is 36.8 Å². The van der Waals surface area contributed by atoms with Crippen molar-refractivity contribution < 1.29 is 13.2 Å². The van der Waals surface area contributed by atoms with Crippen molar-refractivity contribution in [2.75, 3.05) is 0 Å². The highest BCUT2D eigenvalue weighted by atomic mass is 32.2. The maximum Gasteiger partial charge on any atom is 0.247 e. The third-order valence-electron chi connectivity index (χ3n) is 4.42. The van der Waals surface area contributed by atoms with E-state index in [1.54, 1.807) is 66.7 Å². The molecular weight excluding hydrogens is 372 g/mol. The minimum Gasteiger partial charge on any atom is -0.296 e. The Kier molecular flexibility index (Phi) is 5.80. The largest absolute Gasteiger partial charge is 0.296 e. The van der Waals surface area contributed by atoms with Crippen LogP contribution in [0.5, 0.6) is 0 Å². The van der Waals surface area contributed by atoms with Crippen molar-refractivity contribution in [1.29, 1.82) is 0 Å². The fourth-order valence-electron chi connectivity index (χ4n) is 2.87. The number of sulfone groups is 1. The van der Waals surface area contributed by atoms with Crippen LogP contribution in [0, 0.1) is 0 Å². The molecule has 0 N–H and O–H groups in total. The summed E-state index contributed by atoms with van der Waals surface area (Å²) in [6.45, 7) is 1.24. The fraction of sp³-hybridized carbons (Fsp3) is 0.136. The van der Waals surface area contributed by atoms with E-state index in [9.17, 15) is 13.2 Å². The molecule has 0 amide bonds. The summed E-state index contributed by atoms with van der Waals surface area (Å²) in [6, 6.07) is 25.6. The number of carbonyl (C=O) groups is 1. The molecule has 142 valence electrons. The molecular formula is C22H20N2O3S. The molecule has 0 aliphatic heterocycles. The molecule has 3 aromatic rings. The molecule has 6 heteroatoms. The van der Waals surface area contributed by atoms with Crippen molar-refractivity contribution in [2.45, 2.75) is 23.1 Å². The van der Waals surface area contributed by atoms with Crippen molar-refractivity contribution in [3.05, 3.63) is 96.6 Å². The van der Waals surface area contributed by atoms with E-state index in [1.807, 2.05) is 12.1 Å². The Morgan fingerprint density at radius 2 is 1.32 bits per heavy atom. The van der Waals surface area contributed by atoms with Crippen LogP contribution < -0.4 is 0 Å². The number of carbonyl (C=O) groups excluding carboxylic acids is 1. The Morgan fingerprint density at radius 3 is 1.86 bits per heavy atom. The summed E-state index contributed by atoms with van der Waals surface area (Å²) in [5.41, 5.74) is 1.16. The summed E-state index contributed by atoms with van der Waals surface area (Å²) in [7, 11) is -4.14. The summed E-state index contributed by atoms with van der Waals surface area (Å²) in [5.74, 6) is -0.583. The molecule has 0 aromatic heterocycles. The summed E-state index contributed by atoms with van der Waals surface area (Å²) < 4.78 is 27.1. The number of Topliss-reactive ketones (excluding diaryl/α,β-unsaturated/α-hetero) is 1. The van der Waals surface area contributed by atoms with E-state index in [0.717, 1.165) is 0 Å². The second-order valence-electron chi connectivity index (χ2n) is 6.35. The first-order chi connectivity index (χ1) is 13.5. The molecule has 0 spiro atoms. The summed E-state index contributed by atoms with van der Waals surface area (Å²) >= 11 is 0. The number of rotatable bonds is 7. The van der Waals surface area contributed by atoms with Gasteiger partial charge in [0.2, 0.25) is 14.7 Å². The van der Waals surface area contributed by atoms with Crippen molar-refractivity contribution >= 4 is 21.3 Å². The zero-order chi connectivity index (χ0) is 20.0. The van der Waals surface area contributed by atoms with Crippen molar-refractivity contribution in [3.8, 4) is 0 Å². The van der Waals surface area contributed by atoms with Crippen molar-refractivity contribution in [1.82, 2.24) is 0 Å². The minimum absolute atomic E-state index is 0.0353. The van der Waals surface area contributed by atoms with E-state index in [-0.39, 0.29) is 11.3 Å². The predicted octanol–water partition coefficient (Wildman–Crippen LogP) is 4.77. The Morgan fingerprint density at radius 1 is 0.821 bits per heavy atom. The second-order valence-corrected chi connectivity index (χ2v) is 8.51. The highest BCUT2D eigenvalue weighted by Crippen LogP contribution is 2.33. The lowest BCUT2D eigenvalue weighted by molar-refractivity contribution is -0.119. The predicted molar refractivity (Wildman–Crippen MR) is 108 cm³/mol. The van der Waals surface area contributed by atoms with Crippen LogP contribution >= 0.6 is 0 Å². The zero-order valence-electron chi connectivity index (χ0n) is 15.4. The third kappa shape index (κ3) is 3.92. The van der Waals surface area contributed by atoms with Gasteiger partial charge in [-0.15, -0.1) is 0 Å². The average molecular weight is 392 g/mol. The molecule has 5 nitrogen and oxygen atoms in total. The van der Waals surface area contributed by atoms with Gasteiger partial charge in [-0.1, -0.05) is 66.7 Å². The molecule has 0 saturated carbocycles. The highest BCUT2D eigenvalue weighted by molar-refractivity contribution is 7.93. The van der Waals surface area contributed by atoms with E-state index >= 15 is 0 Å². The van der Waals surface area contributed by atoms with Crippen LogP contribution in [0.25, 0.3) is 0 Å². The maximum atomic E-state index is 13.5. The molecule has 0 bridgehead atoms. The molecule has 28 heavy (non-hydrogen) atoms. The van der Waals surface area contributed by atoms with Gasteiger partial charge >= 0.3 is 0 Å². The molecule has 3 rings (SSSR count). The van der Waals surface area contributed by atoms with Crippen LogP contribution in [0.3, 0.4) is 0 Å². The Labute approximate surface area is 164 Å². The molecule has 1 atom stereocenters. The fourth-order valence-corrected chi connectivity index (χ4v) is 4.66. The lowest BCUT2D eigenvalue weighted by Gasteiger charge is -2.26. The molecule has 0 heterocycles. The normalized spacial score (nSPS) is 13.9. The van der Waals surface area contributed by atoms with Crippen LogP contribution in [0.1, 0.15) is 12.5 Å². The Hall–Kier alpha value is -3.12. The third-order valence-corrected chi connectivity index (χ3v) is 6.71. The molecule has 0 aliphatic rings. The second kappa shape index (κ2) is 8.27. The average Bonchev–Trinajstić information content (AvgIpc) is 2.73. The van der Waals surface area contributed by atoms with Gasteiger partial charge in [-0.3, -0.25) is 4.79 Å². The van der Waals surface area contributed by atoms with Gasteiger partial charge in [0.1, 0.15) is 0 Å². The van der Waals surface area contributed by atoms with E-state index in [2.05, 4.69) is 10.2 Å². The van der Waals surface area contributed by atoms with Crippen LogP contribution in [0.4, 0.5) is 5.69 Å². The molecule has 1 unspecified atom stereocenters. The molecule has 0 aliphatic carbocycles. The topological polar surface area (TPSA) is 75.9 Å². The first kappa shape index (κ1) is 19.6. The van der Waals surface area contributed by atoms with E-state index in [1.165, 1.54) is 19.1 Å². The smallest absolute Gasteiger partial charge is 0.247 e. The molecule has 0 fully saturated rings. The number of azo groups is 1. The number of hydrogen-bond acceptors (Lipinski definition) is 5. The molecule has 0 radical (unpaired) electrons. The van der Waals surface area contributed by atoms with Crippen LogP contribution in [-0.4, -0.2) is 19.1 Å². The highest BCUT2D eigenvalue weighted by Gasteiger charge is 2.50. The van der Waals surface area contributed by atoms with Gasteiger partial charge in [0.25, 0.3) is 0 Å². The van der Waals surface area contributed by atoms with Gasteiger partial charge in [0.15, 0.2) is 5.78 Å². The molecule has 0 saturated heterocycles. The van der Waals surface area contributed by atoms with Gasteiger partial charge in [0, 0.05) is 6.42 Å². The lowest BCUT2D eigenvalue weighted by Crippen LogP contribution is -2.45. The quantitative estimate of drug-likeness (QED) is 0.543. The van der Waals surface area contributed by atoms with Gasteiger partial charge in [0.05, 0.1) is 10.6 Å². The first-order valence-corrected chi connectivity index (χ1v) is 10.3. The Bertz CT molecular complexity index is 1070. The van der Waals surface area contributed by atoms with Gasteiger partial charge in [-0.2, -0.15) is 10.2 Å².